The van der Waals surface area contributed by atoms with E-state index in [1.165, 1.54) is 11.1 Å². The van der Waals surface area contributed by atoms with Gasteiger partial charge >= 0.3 is 0 Å². The Kier molecular flexibility index (Phi) is 5.75. The quantitative estimate of drug-likeness (QED) is 0.634. The van der Waals surface area contributed by atoms with Gasteiger partial charge in [0, 0.05) is 18.8 Å². The van der Waals surface area contributed by atoms with E-state index < -0.39 is 0 Å². The van der Waals surface area contributed by atoms with E-state index >= 15 is 0 Å². The highest BCUT2D eigenvalue weighted by Crippen LogP contribution is 2.08. The number of nitrogens with one attached hydrogen (secondary N) is 2. The Bertz CT molecular complexity index is 574. The van der Waals surface area contributed by atoms with Crippen molar-refractivity contribution in [2.45, 2.75) is 33.2 Å². The maximum absolute atomic E-state index is 5.23. The normalized spacial score (nSPS) is 10.4. The molecule has 0 aliphatic carbocycles. The van der Waals surface area contributed by atoms with Crippen LogP contribution in [0.2, 0.25) is 0 Å². The van der Waals surface area contributed by atoms with Gasteiger partial charge in [0.05, 0.1) is 6.54 Å². The van der Waals surface area contributed by atoms with Gasteiger partial charge in [-0.2, -0.15) is 5.10 Å². The molecule has 0 saturated carbocycles. The zero-order chi connectivity index (χ0) is 15.1. The highest BCUT2D eigenvalue weighted by Gasteiger charge is 2.02. The number of unbranched alkanes of at least 4 members (excludes halogenated alkanes) is 1. The summed E-state index contributed by atoms with van der Waals surface area (Å²) >= 11 is 5.23. The van der Waals surface area contributed by atoms with E-state index in [1.807, 2.05) is 16.9 Å². The van der Waals surface area contributed by atoms with Gasteiger partial charge in [-0.1, -0.05) is 43.2 Å². The number of rotatable bonds is 6. The molecular weight excluding hydrogens is 280 g/mol. The summed E-state index contributed by atoms with van der Waals surface area (Å²) in [6.07, 6.45) is 4.22. The molecular formula is C16H22N4S. The van der Waals surface area contributed by atoms with Crippen molar-refractivity contribution < 1.29 is 0 Å². The van der Waals surface area contributed by atoms with E-state index in [-0.39, 0.29) is 0 Å². The van der Waals surface area contributed by atoms with Gasteiger partial charge < -0.3 is 10.6 Å². The molecule has 0 unspecified atom stereocenters. The second-order valence-electron chi connectivity index (χ2n) is 5.12. The molecule has 5 heteroatoms. The van der Waals surface area contributed by atoms with Crippen LogP contribution in [-0.4, -0.2) is 21.4 Å². The van der Waals surface area contributed by atoms with Crippen LogP contribution in [0, 0.1) is 6.92 Å². The Balaban J connectivity index is 1.86. The number of thiocarbonyl (C=S) groups is 1. The van der Waals surface area contributed by atoms with Crippen molar-refractivity contribution >= 4 is 23.1 Å². The number of hydrogen-bond acceptors (Lipinski definition) is 2. The maximum Gasteiger partial charge on any atom is 0.171 e. The smallest absolute Gasteiger partial charge is 0.171 e. The summed E-state index contributed by atoms with van der Waals surface area (Å²) in [6, 6.07) is 10.4. The Labute approximate surface area is 131 Å². The summed E-state index contributed by atoms with van der Waals surface area (Å²) in [4.78, 5) is 0. The molecule has 1 aromatic carbocycles. The summed E-state index contributed by atoms with van der Waals surface area (Å²) < 4.78 is 1.90. The third-order valence-corrected chi connectivity index (χ3v) is 3.41. The SMILES string of the molecule is CCCCNC(=S)Nc1ccn(Cc2ccc(C)cc2)n1. The van der Waals surface area contributed by atoms with Gasteiger partial charge in [-0.05, 0) is 31.1 Å². The van der Waals surface area contributed by atoms with Gasteiger partial charge in [-0.25, -0.2) is 0 Å². The molecule has 0 saturated heterocycles. The fraction of sp³-hybridized carbons (Fsp3) is 0.375. The third-order valence-electron chi connectivity index (χ3n) is 3.16. The Morgan fingerprint density at radius 3 is 2.71 bits per heavy atom. The molecule has 2 aromatic rings. The first-order valence-corrected chi connectivity index (χ1v) is 7.72. The van der Waals surface area contributed by atoms with E-state index in [2.05, 4.69) is 53.8 Å². The van der Waals surface area contributed by atoms with Crippen LogP contribution in [-0.2, 0) is 6.54 Å². The largest absolute Gasteiger partial charge is 0.362 e. The van der Waals surface area contributed by atoms with Gasteiger partial charge in [0.2, 0.25) is 0 Å². The molecule has 2 rings (SSSR count). The van der Waals surface area contributed by atoms with Crippen molar-refractivity contribution in [2.24, 2.45) is 0 Å². The van der Waals surface area contributed by atoms with Crippen LogP contribution in [0.5, 0.6) is 0 Å². The van der Waals surface area contributed by atoms with Gasteiger partial charge in [0.1, 0.15) is 0 Å². The molecule has 0 fully saturated rings. The minimum atomic E-state index is 0.629. The summed E-state index contributed by atoms with van der Waals surface area (Å²) in [6.45, 7) is 5.90. The Morgan fingerprint density at radius 1 is 1.24 bits per heavy atom. The lowest BCUT2D eigenvalue weighted by Crippen LogP contribution is -2.29. The topological polar surface area (TPSA) is 41.9 Å². The van der Waals surface area contributed by atoms with Crippen LogP contribution >= 0.6 is 12.2 Å². The number of benzene rings is 1. The number of aryl methyl sites for hydroxylation is 1. The van der Waals surface area contributed by atoms with E-state index in [0.717, 1.165) is 31.7 Å². The maximum atomic E-state index is 5.23. The summed E-state index contributed by atoms with van der Waals surface area (Å²) in [5, 5.41) is 11.4. The van der Waals surface area contributed by atoms with Gasteiger partial charge in [-0.15, -0.1) is 0 Å². The molecule has 1 heterocycles. The molecule has 0 aliphatic rings. The van der Waals surface area contributed by atoms with Crippen LogP contribution < -0.4 is 10.6 Å². The third kappa shape index (κ3) is 5.19. The molecule has 0 spiro atoms. The predicted molar refractivity (Wildman–Crippen MR) is 91.6 cm³/mol. The van der Waals surface area contributed by atoms with Gasteiger partial charge in [0.15, 0.2) is 10.9 Å². The summed E-state index contributed by atoms with van der Waals surface area (Å²) in [5.74, 6) is 0.774. The molecule has 21 heavy (non-hydrogen) atoms. The molecule has 0 aliphatic heterocycles. The van der Waals surface area contributed by atoms with Crippen molar-refractivity contribution in [3.63, 3.8) is 0 Å². The first kappa shape index (κ1) is 15.5. The first-order chi connectivity index (χ1) is 10.2. The van der Waals surface area contributed by atoms with E-state index in [1.54, 1.807) is 0 Å². The van der Waals surface area contributed by atoms with Crippen molar-refractivity contribution in [3.8, 4) is 0 Å². The molecule has 0 bridgehead atoms. The molecule has 1 aromatic heterocycles. The predicted octanol–water partition coefficient (Wildman–Crippen LogP) is 3.33. The average Bonchev–Trinajstić information content (AvgIpc) is 2.89. The second kappa shape index (κ2) is 7.78. The van der Waals surface area contributed by atoms with Gasteiger partial charge in [0.25, 0.3) is 0 Å². The fourth-order valence-corrected chi connectivity index (χ4v) is 2.14. The first-order valence-electron chi connectivity index (χ1n) is 7.31. The number of anilines is 1. The van der Waals surface area contributed by atoms with Crippen LogP contribution in [0.3, 0.4) is 0 Å². The summed E-state index contributed by atoms with van der Waals surface area (Å²) in [7, 11) is 0. The Morgan fingerprint density at radius 2 is 2.00 bits per heavy atom. The van der Waals surface area contributed by atoms with Gasteiger partial charge in [-0.3, -0.25) is 4.68 Å². The molecule has 2 N–H and O–H groups in total. The Hall–Kier alpha value is -1.88. The molecule has 0 amide bonds. The minimum Gasteiger partial charge on any atom is -0.362 e. The highest BCUT2D eigenvalue weighted by molar-refractivity contribution is 7.80. The molecule has 0 atom stereocenters. The summed E-state index contributed by atoms with van der Waals surface area (Å²) in [5.41, 5.74) is 2.50. The van der Waals surface area contributed by atoms with Crippen LogP contribution in [0.25, 0.3) is 0 Å². The molecule has 112 valence electrons. The van der Waals surface area contributed by atoms with Crippen molar-refractivity contribution in [2.75, 3.05) is 11.9 Å². The minimum absolute atomic E-state index is 0.629. The highest BCUT2D eigenvalue weighted by atomic mass is 32.1. The van der Waals surface area contributed by atoms with Crippen LogP contribution in [0.15, 0.2) is 36.5 Å². The number of aromatic nitrogens is 2. The monoisotopic (exact) mass is 302 g/mol. The van der Waals surface area contributed by atoms with E-state index in [9.17, 15) is 0 Å². The number of nitrogens with zero attached hydrogens (tertiary/aromatic N) is 2. The lowest BCUT2D eigenvalue weighted by atomic mass is 10.1. The molecule has 4 nitrogen and oxygen atoms in total. The number of hydrogen-bond donors (Lipinski definition) is 2. The van der Waals surface area contributed by atoms with E-state index in [0.29, 0.717) is 5.11 Å². The fourth-order valence-electron chi connectivity index (χ4n) is 1.94. The standard InChI is InChI=1S/C16H22N4S/c1-3-4-10-17-16(21)18-15-9-11-20(19-15)12-14-7-5-13(2)6-8-14/h5-9,11H,3-4,10,12H2,1-2H3,(H2,17,18,19,21). The van der Waals surface area contributed by atoms with E-state index in [4.69, 9.17) is 12.2 Å². The molecule has 0 radical (unpaired) electrons. The van der Waals surface area contributed by atoms with Crippen molar-refractivity contribution in [1.29, 1.82) is 0 Å². The van der Waals surface area contributed by atoms with Crippen molar-refractivity contribution in [3.05, 3.63) is 47.7 Å². The lowest BCUT2D eigenvalue weighted by molar-refractivity contribution is 0.689. The lowest BCUT2D eigenvalue weighted by Gasteiger charge is -2.07. The van der Waals surface area contributed by atoms with Crippen LogP contribution in [0.1, 0.15) is 30.9 Å². The van der Waals surface area contributed by atoms with Crippen LogP contribution in [0.4, 0.5) is 5.82 Å². The zero-order valence-electron chi connectivity index (χ0n) is 12.6. The average molecular weight is 302 g/mol. The second-order valence-corrected chi connectivity index (χ2v) is 5.53. The van der Waals surface area contributed by atoms with Crippen molar-refractivity contribution in [1.82, 2.24) is 15.1 Å². The zero-order valence-corrected chi connectivity index (χ0v) is 13.4.